The van der Waals surface area contributed by atoms with Crippen LogP contribution in [-0.2, 0) is 10.8 Å². The van der Waals surface area contributed by atoms with Crippen LogP contribution in [0.25, 0.3) is 54.6 Å². The Balaban J connectivity index is 1.13. The fraction of sp³-hybridized carbons (Fsp3) is 0.119. The maximum atomic E-state index is 2.53. The molecule has 1 aliphatic rings. The molecule has 0 unspecified atom stereocenters. The van der Waals surface area contributed by atoms with E-state index in [9.17, 15) is 0 Å². The smallest absolute Gasteiger partial charge is 0.0465 e. The Morgan fingerprint density at radius 1 is 0.393 bits per heavy atom. The minimum atomic E-state index is -0.249. The van der Waals surface area contributed by atoms with Gasteiger partial charge in [-0.3, -0.25) is 0 Å². The minimum Gasteiger partial charge on any atom is -0.311 e. The molecule has 1 aliphatic carbocycles. The van der Waals surface area contributed by atoms with Crippen molar-refractivity contribution in [2.24, 2.45) is 0 Å². The molecule has 0 saturated carbocycles. The molecule has 0 radical (unpaired) electrons. The Kier molecular flexibility index (Phi) is 8.44. The van der Waals surface area contributed by atoms with Gasteiger partial charge >= 0.3 is 0 Å². The van der Waals surface area contributed by atoms with Gasteiger partial charge in [-0.2, -0.15) is 0 Å². The highest BCUT2D eigenvalue weighted by atomic mass is 15.1. The number of rotatable bonds is 7. The van der Waals surface area contributed by atoms with Crippen LogP contribution in [0.4, 0.5) is 34.1 Å². The molecule has 0 heterocycles. The molecule has 0 saturated heterocycles. The van der Waals surface area contributed by atoms with Crippen LogP contribution in [0.5, 0.6) is 0 Å². The molecule has 0 aliphatic heterocycles. The van der Waals surface area contributed by atoms with Gasteiger partial charge in [0.25, 0.3) is 0 Å². The number of nitrogens with zero attached hydrogens (tertiary/aromatic N) is 2. The lowest BCUT2D eigenvalue weighted by Crippen LogP contribution is -2.18. The third kappa shape index (κ3) is 5.92. The van der Waals surface area contributed by atoms with E-state index in [1.165, 1.54) is 71.3 Å². The van der Waals surface area contributed by atoms with Crippen molar-refractivity contribution in [2.75, 3.05) is 9.80 Å². The van der Waals surface area contributed by atoms with Gasteiger partial charge in [-0.05, 0) is 156 Å². The second-order valence-electron chi connectivity index (χ2n) is 18.2. The zero-order chi connectivity index (χ0) is 41.5. The summed E-state index contributed by atoms with van der Waals surface area (Å²) in [6, 6.07) is 73.6. The van der Waals surface area contributed by atoms with Crippen molar-refractivity contribution in [3.05, 3.63) is 217 Å². The second kappa shape index (κ2) is 14.0. The van der Waals surface area contributed by atoms with Gasteiger partial charge in [-0.25, -0.2) is 0 Å². The van der Waals surface area contributed by atoms with Crippen LogP contribution in [0.1, 0.15) is 51.3 Å². The van der Waals surface area contributed by atoms with E-state index >= 15 is 0 Å². The van der Waals surface area contributed by atoms with Crippen LogP contribution in [-0.4, -0.2) is 0 Å². The van der Waals surface area contributed by atoms with Gasteiger partial charge in [0.2, 0.25) is 0 Å². The number of hydrogen-bond acceptors (Lipinski definition) is 2. The molecular formula is C59H48N2. The Labute approximate surface area is 359 Å². The molecule has 10 aromatic rings. The van der Waals surface area contributed by atoms with E-state index in [0.717, 1.165) is 34.1 Å². The molecule has 2 heteroatoms. The zero-order valence-corrected chi connectivity index (χ0v) is 35.4. The second-order valence-corrected chi connectivity index (χ2v) is 18.2. The first-order valence-electron chi connectivity index (χ1n) is 21.5. The van der Waals surface area contributed by atoms with Crippen LogP contribution < -0.4 is 9.80 Å². The number of benzene rings is 10. The van der Waals surface area contributed by atoms with Crippen molar-refractivity contribution in [3.8, 4) is 22.3 Å². The van der Waals surface area contributed by atoms with Crippen molar-refractivity contribution >= 4 is 66.4 Å². The molecule has 11 rings (SSSR count). The molecule has 61 heavy (non-hydrogen) atoms. The molecule has 0 bridgehead atoms. The fourth-order valence-electron chi connectivity index (χ4n) is 10.1. The summed E-state index contributed by atoms with van der Waals surface area (Å²) in [4.78, 5) is 4.72. The van der Waals surface area contributed by atoms with Gasteiger partial charge in [-0.15, -0.1) is 0 Å². The van der Waals surface area contributed by atoms with Gasteiger partial charge in [0.15, 0.2) is 0 Å². The normalized spacial score (nSPS) is 13.1. The summed E-state index contributed by atoms with van der Waals surface area (Å²) >= 11 is 0. The largest absolute Gasteiger partial charge is 0.311 e. The van der Waals surface area contributed by atoms with Crippen molar-refractivity contribution in [1.29, 1.82) is 0 Å². The Morgan fingerprint density at radius 2 is 0.885 bits per heavy atom. The Morgan fingerprint density at radius 3 is 1.43 bits per heavy atom. The molecule has 10 aromatic carbocycles. The van der Waals surface area contributed by atoms with E-state index in [2.05, 4.69) is 245 Å². The molecule has 0 amide bonds. The maximum Gasteiger partial charge on any atom is 0.0465 e. The quantitative estimate of drug-likeness (QED) is 0.149. The summed E-state index contributed by atoms with van der Waals surface area (Å²) in [6.07, 6.45) is 0. The molecule has 0 N–H and O–H groups in total. The number of para-hydroxylation sites is 4. The van der Waals surface area contributed by atoms with E-state index in [0.29, 0.717) is 0 Å². The molecule has 2 nitrogen and oxygen atoms in total. The molecule has 0 atom stereocenters. The number of anilines is 6. The van der Waals surface area contributed by atoms with Crippen LogP contribution in [0.3, 0.4) is 0 Å². The van der Waals surface area contributed by atoms with E-state index in [1.807, 2.05) is 0 Å². The molecule has 0 fully saturated rings. The topological polar surface area (TPSA) is 6.48 Å². The van der Waals surface area contributed by atoms with Crippen molar-refractivity contribution in [3.63, 3.8) is 0 Å². The van der Waals surface area contributed by atoms with Crippen LogP contribution in [0, 0.1) is 0 Å². The third-order valence-corrected chi connectivity index (χ3v) is 13.1. The molecule has 0 aromatic heterocycles. The zero-order valence-electron chi connectivity index (χ0n) is 35.4. The van der Waals surface area contributed by atoms with Gasteiger partial charge < -0.3 is 9.80 Å². The van der Waals surface area contributed by atoms with Gasteiger partial charge in [0.1, 0.15) is 0 Å². The van der Waals surface area contributed by atoms with Crippen molar-refractivity contribution in [2.45, 2.75) is 45.4 Å². The summed E-state index contributed by atoms with van der Waals surface area (Å²) in [5, 5.41) is 8.01. The van der Waals surface area contributed by atoms with Crippen molar-refractivity contribution < 1.29 is 0 Å². The van der Waals surface area contributed by atoms with E-state index in [-0.39, 0.29) is 10.8 Å². The fourth-order valence-corrected chi connectivity index (χ4v) is 10.1. The average Bonchev–Trinajstić information content (AvgIpc) is 3.53. The highest BCUT2D eigenvalue weighted by molar-refractivity contribution is 6.31. The average molecular weight is 785 g/mol. The summed E-state index contributed by atoms with van der Waals surface area (Å²) in [7, 11) is 0. The Hall–Kier alpha value is -7.16. The summed E-state index contributed by atoms with van der Waals surface area (Å²) in [5.74, 6) is 0. The first-order valence-corrected chi connectivity index (χ1v) is 21.5. The Bertz CT molecular complexity index is 3140. The predicted molar refractivity (Wildman–Crippen MR) is 261 cm³/mol. The number of fused-ring (bicyclic) bond motifs is 5. The van der Waals surface area contributed by atoms with Crippen LogP contribution in [0.2, 0.25) is 0 Å². The summed E-state index contributed by atoms with van der Waals surface area (Å²) in [6.45, 7) is 11.9. The van der Waals surface area contributed by atoms with Gasteiger partial charge in [0.05, 0.1) is 0 Å². The third-order valence-electron chi connectivity index (χ3n) is 13.1. The standard InChI is InChI=1S/C59H48N2/c1-58(2,3)41-35-40-36-51(39-29-31-46(32-30-39)60(42-19-10-6-11-20-42)43-21-12-7-13-22-43)48-27-18-28-50-55(48)54(40)52(37-41)57-56(50)49-34-33-47(38-53(49)59(57,4)5)61(44-23-14-8-15-24-44)45-25-16-9-17-26-45/h6-38H,1-5H3. The van der Waals surface area contributed by atoms with Gasteiger partial charge in [-0.1, -0.05) is 156 Å². The lowest BCUT2D eigenvalue weighted by Gasteiger charge is -2.29. The molecule has 294 valence electrons. The highest BCUT2D eigenvalue weighted by Gasteiger charge is 2.40. The first kappa shape index (κ1) is 36.9. The number of hydrogen-bond donors (Lipinski definition) is 0. The highest BCUT2D eigenvalue weighted by Crippen LogP contribution is 2.58. The molecule has 0 spiro atoms. The van der Waals surface area contributed by atoms with Crippen LogP contribution >= 0.6 is 0 Å². The monoisotopic (exact) mass is 784 g/mol. The minimum absolute atomic E-state index is 0.0356. The first-order chi connectivity index (χ1) is 29.7. The van der Waals surface area contributed by atoms with E-state index < -0.39 is 0 Å². The lowest BCUT2D eigenvalue weighted by molar-refractivity contribution is 0.591. The maximum absolute atomic E-state index is 2.53. The summed E-state index contributed by atoms with van der Waals surface area (Å²) in [5.41, 5.74) is 15.9. The molecular weight excluding hydrogens is 737 g/mol. The predicted octanol–water partition coefficient (Wildman–Crippen LogP) is 16.8. The lowest BCUT2D eigenvalue weighted by atomic mass is 9.75. The van der Waals surface area contributed by atoms with E-state index in [1.54, 1.807) is 0 Å². The van der Waals surface area contributed by atoms with Gasteiger partial charge in [0, 0.05) is 39.5 Å². The van der Waals surface area contributed by atoms with Crippen molar-refractivity contribution in [1.82, 2.24) is 0 Å². The van der Waals surface area contributed by atoms with Crippen LogP contribution in [0.15, 0.2) is 200 Å². The SMILES string of the molecule is CC(C)(C)c1cc2cc(-c3ccc(N(c4ccccc4)c4ccccc4)cc3)c3cccc4c5c(c(c1)c2c34)C(C)(C)c1cc(N(c2ccccc2)c2ccccc2)ccc1-5. The summed E-state index contributed by atoms with van der Waals surface area (Å²) < 4.78 is 0. The van der Waals surface area contributed by atoms with E-state index in [4.69, 9.17) is 0 Å².